The minimum absolute atomic E-state index is 0.0635. The van der Waals surface area contributed by atoms with Crippen LogP contribution in [0.4, 0.5) is 5.69 Å². The lowest BCUT2D eigenvalue weighted by Gasteiger charge is -2.25. The van der Waals surface area contributed by atoms with Gasteiger partial charge in [-0.15, -0.1) is 0 Å². The largest absolute Gasteiger partial charge is 0.496 e. The fraction of sp³-hybridized carbons (Fsp3) is 0.429. The van der Waals surface area contributed by atoms with Crippen LogP contribution in [-0.4, -0.2) is 36.2 Å². The summed E-state index contributed by atoms with van der Waals surface area (Å²) in [5.41, 5.74) is -0.544. The molecular formula is C14H19ClN2O4. The fourth-order valence-electron chi connectivity index (χ4n) is 1.79. The summed E-state index contributed by atoms with van der Waals surface area (Å²) in [5, 5.41) is 14.9. The molecule has 0 atom stereocenters. The number of carboxylic acids is 1. The lowest BCUT2D eigenvalue weighted by atomic mass is 10.0. The quantitative estimate of drug-likeness (QED) is 0.750. The maximum atomic E-state index is 12.2. The van der Waals surface area contributed by atoms with E-state index in [1.807, 2.05) is 6.92 Å². The first kappa shape index (κ1) is 17.3. The number of anilines is 1. The molecule has 0 aliphatic heterocycles. The van der Waals surface area contributed by atoms with E-state index in [4.69, 9.17) is 21.4 Å². The Hall–Kier alpha value is -1.79. The van der Waals surface area contributed by atoms with Crippen molar-refractivity contribution in [3.05, 3.63) is 22.7 Å². The summed E-state index contributed by atoms with van der Waals surface area (Å²) in [6, 6.07) is 2.64. The molecule has 0 aliphatic carbocycles. The van der Waals surface area contributed by atoms with Gasteiger partial charge in [-0.1, -0.05) is 18.5 Å². The van der Waals surface area contributed by atoms with Gasteiger partial charge in [0.05, 0.1) is 23.4 Å². The molecule has 0 spiro atoms. The van der Waals surface area contributed by atoms with Crippen molar-refractivity contribution < 1.29 is 19.4 Å². The summed E-state index contributed by atoms with van der Waals surface area (Å²) >= 11 is 6.02. The van der Waals surface area contributed by atoms with Gasteiger partial charge in [0.2, 0.25) is 5.91 Å². The number of ether oxygens (including phenoxy) is 1. The zero-order chi connectivity index (χ0) is 16.2. The van der Waals surface area contributed by atoms with Crippen LogP contribution in [0.3, 0.4) is 0 Å². The minimum atomic E-state index is -1.15. The van der Waals surface area contributed by atoms with Gasteiger partial charge in [0.1, 0.15) is 11.3 Å². The number of amides is 1. The van der Waals surface area contributed by atoms with Crippen LogP contribution in [0.2, 0.25) is 5.02 Å². The molecule has 0 saturated carbocycles. The van der Waals surface area contributed by atoms with Gasteiger partial charge in [0.25, 0.3) is 0 Å². The summed E-state index contributed by atoms with van der Waals surface area (Å²) < 4.78 is 5.01. The molecule has 6 nitrogen and oxygen atoms in total. The van der Waals surface area contributed by atoms with E-state index in [2.05, 4.69) is 10.6 Å². The molecule has 1 aromatic rings. The number of carbonyl (C=O) groups is 2. The van der Waals surface area contributed by atoms with Crippen LogP contribution in [0, 0.1) is 0 Å². The standard InChI is InChI=1S/C14H19ClN2O4/c1-5-16-14(2,3)13(20)17-10-7-11(21-4)8(12(18)19)6-9(10)15/h6-7,16H,5H2,1-4H3,(H,17,20)(H,18,19). The van der Waals surface area contributed by atoms with Crippen LogP contribution in [0.15, 0.2) is 12.1 Å². The maximum Gasteiger partial charge on any atom is 0.339 e. The third kappa shape index (κ3) is 4.09. The molecule has 1 aromatic carbocycles. The maximum absolute atomic E-state index is 12.2. The number of likely N-dealkylation sites (N-methyl/N-ethyl adjacent to an activating group) is 1. The van der Waals surface area contributed by atoms with E-state index in [-0.39, 0.29) is 22.2 Å². The van der Waals surface area contributed by atoms with Crippen molar-refractivity contribution >= 4 is 29.2 Å². The molecule has 0 aromatic heterocycles. The summed E-state index contributed by atoms with van der Waals surface area (Å²) in [6.07, 6.45) is 0. The van der Waals surface area contributed by atoms with Crippen molar-refractivity contribution in [2.75, 3.05) is 19.0 Å². The van der Waals surface area contributed by atoms with E-state index < -0.39 is 11.5 Å². The Labute approximate surface area is 128 Å². The van der Waals surface area contributed by atoms with E-state index >= 15 is 0 Å². The van der Waals surface area contributed by atoms with Gasteiger partial charge in [-0.05, 0) is 26.5 Å². The van der Waals surface area contributed by atoms with Crippen molar-refractivity contribution in [2.45, 2.75) is 26.3 Å². The van der Waals surface area contributed by atoms with Gasteiger partial charge in [0.15, 0.2) is 0 Å². The Morgan fingerprint density at radius 1 is 1.38 bits per heavy atom. The van der Waals surface area contributed by atoms with Gasteiger partial charge >= 0.3 is 5.97 Å². The van der Waals surface area contributed by atoms with Gasteiger partial charge < -0.3 is 20.5 Å². The number of carbonyl (C=O) groups excluding carboxylic acids is 1. The summed E-state index contributed by atoms with van der Waals surface area (Å²) in [7, 11) is 1.35. The zero-order valence-electron chi connectivity index (χ0n) is 12.4. The summed E-state index contributed by atoms with van der Waals surface area (Å²) in [6.45, 7) is 6.01. The van der Waals surface area contributed by atoms with Crippen LogP contribution in [0.5, 0.6) is 5.75 Å². The van der Waals surface area contributed by atoms with Crippen molar-refractivity contribution in [3.8, 4) is 5.75 Å². The van der Waals surface area contributed by atoms with Gasteiger partial charge in [-0.2, -0.15) is 0 Å². The first-order chi connectivity index (χ1) is 9.72. The summed E-state index contributed by atoms with van der Waals surface area (Å²) in [5.74, 6) is -1.31. The highest BCUT2D eigenvalue weighted by molar-refractivity contribution is 6.34. The second kappa shape index (κ2) is 6.78. The summed E-state index contributed by atoms with van der Waals surface area (Å²) in [4.78, 5) is 23.3. The number of hydrogen-bond acceptors (Lipinski definition) is 4. The average molecular weight is 315 g/mol. The second-order valence-corrected chi connectivity index (χ2v) is 5.35. The minimum Gasteiger partial charge on any atom is -0.496 e. The normalized spacial score (nSPS) is 11.1. The average Bonchev–Trinajstić information content (AvgIpc) is 2.40. The third-order valence-corrected chi connectivity index (χ3v) is 3.27. The number of benzene rings is 1. The predicted octanol–water partition coefficient (Wildman–Crippen LogP) is 2.37. The number of rotatable bonds is 6. The molecule has 0 bridgehead atoms. The number of aromatic carboxylic acids is 1. The predicted molar refractivity (Wildman–Crippen MR) is 81.3 cm³/mol. The highest BCUT2D eigenvalue weighted by Gasteiger charge is 2.27. The van der Waals surface area contributed by atoms with E-state index in [0.717, 1.165) is 0 Å². The van der Waals surface area contributed by atoms with Gasteiger partial charge in [-0.3, -0.25) is 4.79 Å². The Morgan fingerprint density at radius 2 is 2.00 bits per heavy atom. The van der Waals surface area contributed by atoms with Crippen LogP contribution in [-0.2, 0) is 4.79 Å². The smallest absolute Gasteiger partial charge is 0.339 e. The van der Waals surface area contributed by atoms with Gasteiger partial charge in [-0.25, -0.2) is 4.79 Å². The lowest BCUT2D eigenvalue weighted by molar-refractivity contribution is -0.121. The van der Waals surface area contributed by atoms with E-state index in [1.165, 1.54) is 19.2 Å². The Bertz CT molecular complexity index is 558. The second-order valence-electron chi connectivity index (χ2n) is 4.95. The molecule has 0 heterocycles. The van der Waals surface area contributed by atoms with Crippen molar-refractivity contribution in [3.63, 3.8) is 0 Å². The Balaban J connectivity index is 3.10. The number of carboxylic acid groups (broad SMARTS) is 1. The van der Waals surface area contributed by atoms with Crippen molar-refractivity contribution in [1.82, 2.24) is 5.32 Å². The van der Waals surface area contributed by atoms with E-state index in [0.29, 0.717) is 12.2 Å². The number of halogens is 1. The van der Waals surface area contributed by atoms with Crippen LogP contribution in [0.1, 0.15) is 31.1 Å². The van der Waals surface area contributed by atoms with Crippen molar-refractivity contribution in [2.24, 2.45) is 0 Å². The number of hydrogen-bond donors (Lipinski definition) is 3. The highest BCUT2D eigenvalue weighted by Crippen LogP contribution is 2.31. The van der Waals surface area contributed by atoms with E-state index in [1.54, 1.807) is 13.8 Å². The SMILES string of the molecule is CCNC(C)(C)C(=O)Nc1cc(OC)c(C(=O)O)cc1Cl. The monoisotopic (exact) mass is 314 g/mol. The van der Waals surface area contributed by atoms with Gasteiger partial charge in [0, 0.05) is 6.07 Å². The molecule has 116 valence electrons. The van der Waals surface area contributed by atoms with Crippen LogP contribution in [0.25, 0.3) is 0 Å². The number of nitrogens with one attached hydrogen (secondary N) is 2. The topological polar surface area (TPSA) is 87.7 Å². The molecule has 1 amide bonds. The van der Waals surface area contributed by atoms with E-state index in [9.17, 15) is 9.59 Å². The molecule has 0 unspecified atom stereocenters. The zero-order valence-corrected chi connectivity index (χ0v) is 13.2. The molecule has 0 aliphatic rings. The highest BCUT2D eigenvalue weighted by atomic mass is 35.5. The first-order valence-corrected chi connectivity index (χ1v) is 6.78. The molecule has 1 rings (SSSR count). The number of methoxy groups -OCH3 is 1. The van der Waals surface area contributed by atoms with Crippen LogP contribution < -0.4 is 15.4 Å². The third-order valence-electron chi connectivity index (χ3n) is 2.95. The molecule has 0 fully saturated rings. The first-order valence-electron chi connectivity index (χ1n) is 6.40. The molecule has 3 N–H and O–H groups in total. The molecule has 0 radical (unpaired) electrons. The van der Waals surface area contributed by atoms with Crippen LogP contribution >= 0.6 is 11.6 Å². The van der Waals surface area contributed by atoms with Crippen molar-refractivity contribution in [1.29, 1.82) is 0 Å². The fourth-order valence-corrected chi connectivity index (χ4v) is 2.00. The Morgan fingerprint density at radius 3 is 2.48 bits per heavy atom. The molecule has 21 heavy (non-hydrogen) atoms. The Kier molecular flexibility index (Phi) is 5.57. The lowest BCUT2D eigenvalue weighted by Crippen LogP contribution is -2.49. The molecular weight excluding hydrogens is 296 g/mol. The molecule has 0 saturated heterocycles. The molecule has 7 heteroatoms.